The summed E-state index contributed by atoms with van der Waals surface area (Å²) < 4.78 is 26.9. The van der Waals surface area contributed by atoms with Gasteiger partial charge in [-0.2, -0.15) is 8.42 Å². The maximum Gasteiger partial charge on any atom is 0.337 e. The van der Waals surface area contributed by atoms with Crippen LogP contribution in [0.3, 0.4) is 0 Å². The van der Waals surface area contributed by atoms with Crippen LogP contribution in [0.2, 0.25) is 0 Å². The zero-order chi connectivity index (χ0) is 15.6. The van der Waals surface area contributed by atoms with Crippen molar-refractivity contribution < 1.29 is 18.3 Å². The molecule has 1 heterocycles. The Morgan fingerprint density at radius 2 is 1.90 bits per heavy atom. The van der Waals surface area contributed by atoms with Crippen LogP contribution >= 0.6 is 0 Å². The lowest BCUT2D eigenvalue weighted by Crippen LogP contribution is -2.15. The second kappa shape index (κ2) is 5.53. The number of aromatic nitrogens is 1. The summed E-state index contributed by atoms with van der Waals surface area (Å²) in [5, 5.41) is 8.55. The number of nitrogens with zero attached hydrogens (tertiary/aromatic N) is 1. The highest BCUT2D eigenvalue weighted by atomic mass is 32.2. The van der Waals surface area contributed by atoms with Gasteiger partial charge in [0.2, 0.25) is 0 Å². The van der Waals surface area contributed by atoms with Crippen LogP contribution in [0.25, 0.3) is 0 Å². The fraction of sp³-hybridized carbons (Fsp3) is 0.143. The molecule has 0 aliphatic carbocycles. The zero-order valence-electron chi connectivity index (χ0n) is 11.5. The van der Waals surface area contributed by atoms with Gasteiger partial charge < -0.3 is 5.11 Å². The summed E-state index contributed by atoms with van der Waals surface area (Å²) in [7, 11) is -3.85. The Kier molecular flexibility index (Phi) is 3.95. The standard InChI is InChI=1S/C14H14N2O4S/c1-9-4-3-5-12(10(9)2)16-21(19,20)13-7-6-11(8-15-13)14(17)18/h3-8,16H,1-2H3,(H,17,18). The highest BCUT2D eigenvalue weighted by molar-refractivity contribution is 7.92. The van der Waals surface area contributed by atoms with Crippen molar-refractivity contribution in [3.8, 4) is 0 Å². The van der Waals surface area contributed by atoms with Crippen LogP contribution in [0.1, 0.15) is 21.5 Å². The first kappa shape index (κ1) is 15.0. The van der Waals surface area contributed by atoms with Crippen molar-refractivity contribution >= 4 is 21.7 Å². The molecule has 0 spiro atoms. The fourth-order valence-electron chi connectivity index (χ4n) is 1.72. The van der Waals surface area contributed by atoms with E-state index in [1.54, 1.807) is 12.1 Å². The van der Waals surface area contributed by atoms with Crippen molar-refractivity contribution in [2.45, 2.75) is 18.9 Å². The van der Waals surface area contributed by atoms with E-state index in [4.69, 9.17) is 5.11 Å². The van der Waals surface area contributed by atoms with Crippen LogP contribution in [0, 0.1) is 13.8 Å². The number of nitrogens with one attached hydrogen (secondary N) is 1. The van der Waals surface area contributed by atoms with Crippen LogP contribution in [0.5, 0.6) is 0 Å². The second-order valence-electron chi connectivity index (χ2n) is 4.54. The van der Waals surface area contributed by atoms with Crippen molar-refractivity contribution in [1.82, 2.24) is 4.98 Å². The molecule has 2 N–H and O–H groups in total. The second-order valence-corrected chi connectivity index (χ2v) is 6.17. The van der Waals surface area contributed by atoms with E-state index >= 15 is 0 Å². The molecular weight excluding hydrogens is 292 g/mol. The number of aryl methyl sites for hydroxylation is 1. The molecule has 0 saturated heterocycles. The van der Waals surface area contributed by atoms with Crippen LogP contribution in [0.4, 0.5) is 5.69 Å². The van der Waals surface area contributed by atoms with E-state index in [2.05, 4.69) is 9.71 Å². The molecule has 0 fully saturated rings. The lowest BCUT2D eigenvalue weighted by Gasteiger charge is -2.11. The van der Waals surface area contributed by atoms with Crippen molar-refractivity contribution in [2.24, 2.45) is 0 Å². The lowest BCUT2D eigenvalue weighted by molar-refractivity contribution is 0.0696. The van der Waals surface area contributed by atoms with E-state index < -0.39 is 16.0 Å². The maximum absolute atomic E-state index is 12.2. The molecule has 6 nitrogen and oxygen atoms in total. The minimum absolute atomic E-state index is 0.0688. The number of hydrogen-bond donors (Lipinski definition) is 2. The van der Waals surface area contributed by atoms with Gasteiger partial charge in [0.15, 0.2) is 5.03 Å². The number of rotatable bonds is 4. The highest BCUT2D eigenvalue weighted by Crippen LogP contribution is 2.21. The first-order chi connectivity index (χ1) is 9.81. The third-order valence-electron chi connectivity index (χ3n) is 3.11. The number of sulfonamides is 1. The summed E-state index contributed by atoms with van der Waals surface area (Å²) in [6.45, 7) is 3.70. The molecule has 0 unspecified atom stereocenters. The van der Waals surface area contributed by atoms with Gasteiger partial charge in [-0.1, -0.05) is 12.1 Å². The third kappa shape index (κ3) is 3.19. The molecule has 0 atom stereocenters. The summed E-state index contributed by atoms with van der Waals surface area (Å²) in [6, 6.07) is 7.66. The predicted octanol–water partition coefficient (Wildman–Crippen LogP) is 2.20. The fourth-order valence-corrected chi connectivity index (χ4v) is 2.78. The monoisotopic (exact) mass is 306 g/mol. The predicted molar refractivity (Wildman–Crippen MR) is 77.9 cm³/mol. The highest BCUT2D eigenvalue weighted by Gasteiger charge is 2.17. The molecule has 0 aliphatic heterocycles. The number of pyridine rings is 1. The molecule has 1 aromatic carbocycles. The van der Waals surface area contributed by atoms with E-state index in [0.717, 1.165) is 23.4 Å². The van der Waals surface area contributed by atoms with E-state index in [0.29, 0.717) is 5.69 Å². The van der Waals surface area contributed by atoms with Crippen LogP contribution < -0.4 is 4.72 Å². The normalized spacial score (nSPS) is 11.1. The molecule has 0 radical (unpaired) electrons. The Hall–Kier alpha value is -2.41. The summed E-state index contributed by atoms with van der Waals surface area (Å²) in [5.74, 6) is -1.16. The molecule has 0 bridgehead atoms. The first-order valence-corrected chi connectivity index (χ1v) is 7.58. The molecule has 0 amide bonds. The van der Waals surface area contributed by atoms with Crippen molar-refractivity contribution in [3.63, 3.8) is 0 Å². The smallest absolute Gasteiger partial charge is 0.337 e. The van der Waals surface area contributed by atoms with Gasteiger partial charge in [-0.15, -0.1) is 0 Å². The van der Waals surface area contributed by atoms with Gasteiger partial charge in [-0.25, -0.2) is 9.78 Å². The molecule has 110 valence electrons. The number of carboxylic acid groups (broad SMARTS) is 1. The SMILES string of the molecule is Cc1cccc(NS(=O)(=O)c2ccc(C(=O)O)cn2)c1C. The van der Waals surface area contributed by atoms with Gasteiger partial charge >= 0.3 is 5.97 Å². The largest absolute Gasteiger partial charge is 0.478 e. The van der Waals surface area contributed by atoms with Crippen molar-refractivity contribution in [2.75, 3.05) is 4.72 Å². The average Bonchev–Trinajstić information content (AvgIpc) is 2.44. The number of benzene rings is 1. The van der Waals surface area contributed by atoms with Gasteiger partial charge in [0.05, 0.1) is 11.3 Å². The summed E-state index contributed by atoms with van der Waals surface area (Å²) in [5.41, 5.74) is 2.19. The van der Waals surface area contributed by atoms with Crippen molar-refractivity contribution in [1.29, 1.82) is 0 Å². The molecule has 0 saturated carbocycles. The Morgan fingerprint density at radius 3 is 2.48 bits per heavy atom. The molecule has 2 rings (SSSR count). The number of aromatic carboxylic acids is 1. The number of hydrogen-bond acceptors (Lipinski definition) is 4. The van der Waals surface area contributed by atoms with Crippen molar-refractivity contribution in [3.05, 3.63) is 53.2 Å². The number of anilines is 1. The average molecular weight is 306 g/mol. The quantitative estimate of drug-likeness (QED) is 0.902. The Morgan fingerprint density at radius 1 is 1.19 bits per heavy atom. The van der Waals surface area contributed by atoms with E-state index in [-0.39, 0.29) is 10.6 Å². The molecule has 7 heteroatoms. The molecule has 1 aromatic heterocycles. The van der Waals surface area contributed by atoms with Gasteiger partial charge in [-0.05, 0) is 43.2 Å². The topological polar surface area (TPSA) is 96.4 Å². The maximum atomic E-state index is 12.2. The molecule has 2 aromatic rings. The summed E-state index contributed by atoms with van der Waals surface area (Å²) >= 11 is 0. The molecular formula is C14H14N2O4S. The van der Waals surface area contributed by atoms with Gasteiger partial charge in [0.25, 0.3) is 10.0 Å². The zero-order valence-corrected chi connectivity index (χ0v) is 12.3. The number of carbonyl (C=O) groups is 1. The summed E-state index contributed by atoms with van der Waals surface area (Å²) in [4.78, 5) is 14.4. The lowest BCUT2D eigenvalue weighted by atomic mass is 10.1. The minimum atomic E-state index is -3.85. The van der Waals surface area contributed by atoms with Gasteiger partial charge in [-0.3, -0.25) is 4.72 Å². The Balaban J connectivity index is 2.34. The molecule has 0 aliphatic rings. The summed E-state index contributed by atoms with van der Waals surface area (Å²) in [6.07, 6.45) is 1.01. The Bertz CT molecular complexity index is 783. The van der Waals surface area contributed by atoms with E-state index in [1.807, 2.05) is 19.9 Å². The molecule has 21 heavy (non-hydrogen) atoms. The first-order valence-electron chi connectivity index (χ1n) is 6.09. The van der Waals surface area contributed by atoms with Crippen LogP contribution in [-0.2, 0) is 10.0 Å². The van der Waals surface area contributed by atoms with E-state index in [1.165, 1.54) is 6.07 Å². The minimum Gasteiger partial charge on any atom is -0.478 e. The van der Waals surface area contributed by atoms with Gasteiger partial charge in [0.1, 0.15) is 0 Å². The van der Waals surface area contributed by atoms with Crippen LogP contribution in [0.15, 0.2) is 41.6 Å². The van der Waals surface area contributed by atoms with Crippen LogP contribution in [-0.4, -0.2) is 24.5 Å². The van der Waals surface area contributed by atoms with Gasteiger partial charge in [0, 0.05) is 6.20 Å². The van der Waals surface area contributed by atoms with E-state index in [9.17, 15) is 13.2 Å². The number of carboxylic acids is 1. The Labute approximate surface area is 122 Å². The third-order valence-corrected chi connectivity index (χ3v) is 4.39.